The zero-order valence-electron chi connectivity index (χ0n) is 17.7. The van der Waals surface area contributed by atoms with Crippen LogP contribution in [-0.2, 0) is 14.3 Å². The van der Waals surface area contributed by atoms with Gasteiger partial charge < -0.3 is 19.5 Å². The summed E-state index contributed by atoms with van der Waals surface area (Å²) >= 11 is 6.11. The minimum atomic E-state index is -0.194. The number of fused-ring (bicyclic) bond motifs is 1. The zero-order valence-corrected chi connectivity index (χ0v) is 18.4. The van der Waals surface area contributed by atoms with Crippen LogP contribution in [0.15, 0.2) is 54.6 Å². The van der Waals surface area contributed by atoms with Crippen LogP contribution in [0.4, 0.5) is 5.69 Å². The van der Waals surface area contributed by atoms with Gasteiger partial charge in [-0.1, -0.05) is 11.6 Å². The number of nitrogens with zero attached hydrogens (tertiary/aromatic N) is 1. The van der Waals surface area contributed by atoms with Gasteiger partial charge in [-0.15, -0.1) is 0 Å². The normalized spacial score (nSPS) is 21.8. The molecule has 1 unspecified atom stereocenters. The number of ether oxygens (including phenoxy) is 3. The van der Waals surface area contributed by atoms with E-state index in [-0.39, 0.29) is 12.0 Å². The summed E-state index contributed by atoms with van der Waals surface area (Å²) in [5.74, 6) is 1.53. The Hall–Kier alpha value is -2.80. The van der Waals surface area contributed by atoms with E-state index in [0.29, 0.717) is 23.6 Å². The second-order valence-corrected chi connectivity index (χ2v) is 8.45. The lowest BCUT2D eigenvalue weighted by molar-refractivity contribution is -0.110. The fourth-order valence-electron chi connectivity index (χ4n) is 4.11. The number of halogens is 1. The molecule has 1 saturated heterocycles. The molecular formula is C25H25ClN2O4. The van der Waals surface area contributed by atoms with E-state index in [0.717, 1.165) is 61.2 Å². The summed E-state index contributed by atoms with van der Waals surface area (Å²) in [6.45, 7) is 5.08. The van der Waals surface area contributed by atoms with E-state index < -0.39 is 0 Å². The number of morpholine rings is 1. The Balaban J connectivity index is 1.17. The molecular weight excluding hydrogens is 428 g/mol. The van der Waals surface area contributed by atoms with E-state index in [9.17, 15) is 4.79 Å². The van der Waals surface area contributed by atoms with E-state index in [1.807, 2.05) is 42.5 Å². The Labute approximate surface area is 192 Å². The Bertz CT molecular complexity index is 1060. The molecule has 3 aliphatic heterocycles. The maximum atomic E-state index is 12.4. The van der Waals surface area contributed by atoms with Crippen LogP contribution in [0, 0.1) is 0 Å². The van der Waals surface area contributed by atoms with Gasteiger partial charge in [-0.2, -0.15) is 0 Å². The molecule has 0 aliphatic carbocycles. The molecule has 1 fully saturated rings. The van der Waals surface area contributed by atoms with Gasteiger partial charge in [0.2, 0.25) is 0 Å². The Kier molecular flexibility index (Phi) is 6.17. The monoisotopic (exact) mass is 452 g/mol. The molecule has 7 heteroatoms. The first-order valence-electron chi connectivity index (χ1n) is 10.9. The SMILES string of the molecule is O=C1Nc2ccc(Cl)cc2/C1=C\C1CC=C(c2ccc(OCCN3CCOCC3)cc2)O1. The quantitative estimate of drug-likeness (QED) is 0.665. The first-order chi connectivity index (χ1) is 15.7. The van der Waals surface area contributed by atoms with Crippen molar-refractivity contribution in [2.75, 3.05) is 44.8 Å². The smallest absolute Gasteiger partial charge is 0.256 e. The third kappa shape index (κ3) is 4.67. The van der Waals surface area contributed by atoms with E-state index >= 15 is 0 Å². The fraction of sp³-hybridized carbons (Fsp3) is 0.320. The minimum absolute atomic E-state index is 0.127. The van der Waals surface area contributed by atoms with Gasteiger partial charge in [0.1, 0.15) is 24.2 Å². The summed E-state index contributed by atoms with van der Waals surface area (Å²) in [6, 6.07) is 13.3. The fourth-order valence-corrected chi connectivity index (χ4v) is 4.29. The van der Waals surface area contributed by atoms with E-state index in [1.165, 1.54) is 0 Å². The highest BCUT2D eigenvalue weighted by Crippen LogP contribution is 2.36. The lowest BCUT2D eigenvalue weighted by Gasteiger charge is -2.26. The Morgan fingerprint density at radius 3 is 2.78 bits per heavy atom. The van der Waals surface area contributed by atoms with Gasteiger partial charge in [0.25, 0.3) is 5.91 Å². The summed E-state index contributed by atoms with van der Waals surface area (Å²) in [4.78, 5) is 14.7. The van der Waals surface area contributed by atoms with E-state index in [1.54, 1.807) is 6.07 Å². The second kappa shape index (κ2) is 9.36. The average molecular weight is 453 g/mol. The highest BCUT2D eigenvalue weighted by molar-refractivity contribution is 6.34. The predicted molar refractivity (Wildman–Crippen MR) is 125 cm³/mol. The lowest BCUT2D eigenvalue weighted by Crippen LogP contribution is -2.38. The molecule has 1 N–H and O–H groups in total. The number of anilines is 1. The van der Waals surface area contributed by atoms with Crippen molar-refractivity contribution >= 4 is 34.5 Å². The van der Waals surface area contributed by atoms with E-state index in [4.69, 9.17) is 25.8 Å². The standard InChI is InChI=1S/C25H25ClN2O4/c26-18-3-7-23-21(15-18)22(25(29)27-23)16-20-6-8-24(32-20)17-1-4-19(5-2-17)31-14-11-28-9-12-30-13-10-28/h1-5,7-8,15-16,20H,6,9-14H2,(H,27,29)/b22-16+. The summed E-state index contributed by atoms with van der Waals surface area (Å²) in [6.07, 6.45) is 4.45. The Morgan fingerprint density at radius 1 is 1.16 bits per heavy atom. The van der Waals surface area contributed by atoms with Gasteiger partial charge in [-0.05, 0) is 54.6 Å². The summed E-state index contributed by atoms with van der Waals surface area (Å²) in [7, 11) is 0. The molecule has 0 aromatic heterocycles. The predicted octanol–water partition coefficient (Wildman–Crippen LogP) is 4.22. The van der Waals surface area contributed by atoms with Crippen LogP contribution in [0.2, 0.25) is 5.02 Å². The maximum absolute atomic E-state index is 12.4. The molecule has 0 radical (unpaired) electrons. The number of carbonyl (C=O) groups is 1. The highest BCUT2D eigenvalue weighted by atomic mass is 35.5. The van der Waals surface area contributed by atoms with E-state index in [2.05, 4.69) is 16.3 Å². The number of hydrogen-bond acceptors (Lipinski definition) is 5. The molecule has 166 valence electrons. The number of carbonyl (C=O) groups excluding carboxylic acids is 1. The molecule has 32 heavy (non-hydrogen) atoms. The zero-order chi connectivity index (χ0) is 21.9. The van der Waals surface area contributed by atoms with Crippen molar-refractivity contribution in [2.24, 2.45) is 0 Å². The topological polar surface area (TPSA) is 60.0 Å². The van der Waals surface area contributed by atoms with Crippen LogP contribution < -0.4 is 10.1 Å². The van der Waals surface area contributed by atoms with Gasteiger partial charge in [-0.3, -0.25) is 9.69 Å². The molecule has 0 bridgehead atoms. The first kappa shape index (κ1) is 21.1. The molecule has 3 aliphatic rings. The Morgan fingerprint density at radius 2 is 1.97 bits per heavy atom. The minimum Gasteiger partial charge on any atom is -0.492 e. The largest absolute Gasteiger partial charge is 0.492 e. The van der Waals surface area contributed by atoms with Crippen molar-refractivity contribution in [3.05, 3.63) is 70.8 Å². The van der Waals surface area contributed by atoms with Crippen molar-refractivity contribution in [1.82, 2.24) is 4.90 Å². The lowest BCUT2D eigenvalue weighted by atomic mass is 10.0. The van der Waals surface area contributed by atoms with Crippen LogP contribution in [0.3, 0.4) is 0 Å². The molecule has 1 amide bonds. The van der Waals surface area contributed by atoms with Crippen LogP contribution >= 0.6 is 11.6 Å². The maximum Gasteiger partial charge on any atom is 0.256 e. The molecule has 0 spiro atoms. The second-order valence-electron chi connectivity index (χ2n) is 8.01. The van der Waals surface area contributed by atoms with Gasteiger partial charge in [0.05, 0.1) is 13.2 Å². The molecule has 5 rings (SSSR count). The molecule has 6 nitrogen and oxygen atoms in total. The average Bonchev–Trinajstić information content (AvgIpc) is 3.40. The van der Waals surface area contributed by atoms with Crippen molar-refractivity contribution in [2.45, 2.75) is 12.5 Å². The first-order valence-corrected chi connectivity index (χ1v) is 11.3. The van der Waals surface area contributed by atoms with Gasteiger partial charge in [0, 0.05) is 53.5 Å². The van der Waals surface area contributed by atoms with Gasteiger partial charge in [0.15, 0.2) is 0 Å². The molecule has 3 heterocycles. The molecule has 1 atom stereocenters. The molecule has 2 aromatic rings. The summed E-state index contributed by atoms with van der Waals surface area (Å²) in [5.41, 5.74) is 3.19. The number of nitrogens with one attached hydrogen (secondary N) is 1. The molecule has 2 aromatic carbocycles. The van der Waals surface area contributed by atoms with Gasteiger partial charge in [-0.25, -0.2) is 0 Å². The number of rotatable bonds is 6. The number of benzene rings is 2. The van der Waals surface area contributed by atoms with Crippen molar-refractivity contribution in [3.63, 3.8) is 0 Å². The number of hydrogen-bond donors (Lipinski definition) is 1. The highest BCUT2D eigenvalue weighted by Gasteiger charge is 2.27. The third-order valence-electron chi connectivity index (χ3n) is 5.85. The van der Waals surface area contributed by atoms with Crippen molar-refractivity contribution in [3.8, 4) is 5.75 Å². The van der Waals surface area contributed by atoms with Crippen LogP contribution in [0.5, 0.6) is 5.75 Å². The molecule has 0 saturated carbocycles. The number of amides is 1. The van der Waals surface area contributed by atoms with Crippen molar-refractivity contribution in [1.29, 1.82) is 0 Å². The third-order valence-corrected chi connectivity index (χ3v) is 6.08. The summed E-state index contributed by atoms with van der Waals surface area (Å²) < 4.78 is 17.4. The van der Waals surface area contributed by atoms with Crippen LogP contribution in [-0.4, -0.2) is 56.4 Å². The van der Waals surface area contributed by atoms with Gasteiger partial charge >= 0.3 is 0 Å². The van der Waals surface area contributed by atoms with Crippen LogP contribution in [0.1, 0.15) is 17.5 Å². The van der Waals surface area contributed by atoms with Crippen LogP contribution in [0.25, 0.3) is 11.3 Å². The summed E-state index contributed by atoms with van der Waals surface area (Å²) in [5, 5.41) is 3.48. The van der Waals surface area contributed by atoms with Crippen molar-refractivity contribution < 1.29 is 19.0 Å².